The standard InChI is InChI=1S/C11H16FNOS/c1-8(5-14)6-15-7-9-2-3-11(13)10(12)4-9/h2-4,8,14H,5-7,13H2,1H3. The van der Waals surface area contributed by atoms with Crippen molar-refractivity contribution < 1.29 is 9.50 Å². The lowest BCUT2D eigenvalue weighted by molar-refractivity contribution is 0.250. The van der Waals surface area contributed by atoms with Gasteiger partial charge in [-0.3, -0.25) is 0 Å². The largest absolute Gasteiger partial charge is 0.396 e. The molecule has 4 heteroatoms. The van der Waals surface area contributed by atoms with Gasteiger partial charge in [-0.25, -0.2) is 4.39 Å². The van der Waals surface area contributed by atoms with Crippen LogP contribution in [0, 0.1) is 11.7 Å². The van der Waals surface area contributed by atoms with Crippen molar-refractivity contribution in [2.24, 2.45) is 5.92 Å². The van der Waals surface area contributed by atoms with E-state index in [4.69, 9.17) is 10.8 Å². The first-order chi connectivity index (χ1) is 7.13. The van der Waals surface area contributed by atoms with Crippen molar-refractivity contribution in [1.82, 2.24) is 0 Å². The van der Waals surface area contributed by atoms with Crippen LogP contribution in [0.4, 0.5) is 10.1 Å². The zero-order valence-corrected chi connectivity index (χ0v) is 9.56. The molecular weight excluding hydrogens is 213 g/mol. The molecule has 1 aromatic rings. The van der Waals surface area contributed by atoms with Gasteiger partial charge in [0, 0.05) is 12.4 Å². The number of rotatable bonds is 5. The van der Waals surface area contributed by atoms with Crippen LogP contribution in [0.1, 0.15) is 12.5 Å². The molecule has 0 radical (unpaired) electrons. The van der Waals surface area contributed by atoms with Gasteiger partial charge in [0.25, 0.3) is 0 Å². The molecule has 0 aromatic heterocycles. The van der Waals surface area contributed by atoms with Crippen LogP contribution in [0.3, 0.4) is 0 Å². The molecule has 1 aromatic carbocycles. The third kappa shape index (κ3) is 4.10. The van der Waals surface area contributed by atoms with E-state index < -0.39 is 0 Å². The predicted molar refractivity (Wildman–Crippen MR) is 63.2 cm³/mol. The number of anilines is 1. The van der Waals surface area contributed by atoms with Crippen LogP contribution >= 0.6 is 11.8 Å². The predicted octanol–water partition coefficient (Wildman–Crippen LogP) is 2.27. The molecule has 0 heterocycles. The molecule has 0 bridgehead atoms. The van der Waals surface area contributed by atoms with Crippen molar-refractivity contribution in [1.29, 1.82) is 0 Å². The zero-order valence-electron chi connectivity index (χ0n) is 8.74. The highest BCUT2D eigenvalue weighted by Crippen LogP contribution is 2.18. The second-order valence-electron chi connectivity index (χ2n) is 3.66. The lowest BCUT2D eigenvalue weighted by Gasteiger charge is -2.07. The van der Waals surface area contributed by atoms with E-state index >= 15 is 0 Å². The molecule has 0 saturated heterocycles. The Morgan fingerprint density at radius 2 is 2.27 bits per heavy atom. The number of halogens is 1. The van der Waals surface area contributed by atoms with Gasteiger partial charge in [-0.05, 0) is 29.4 Å². The minimum Gasteiger partial charge on any atom is -0.396 e. The van der Waals surface area contributed by atoms with Crippen LogP contribution in [0.2, 0.25) is 0 Å². The molecule has 0 fully saturated rings. The normalized spacial score (nSPS) is 12.7. The van der Waals surface area contributed by atoms with Crippen molar-refractivity contribution in [3.63, 3.8) is 0 Å². The van der Waals surface area contributed by atoms with Gasteiger partial charge in [0.05, 0.1) is 5.69 Å². The van der Waals surface area contributed by atoms with Crippen LogP contribution in [0.15, 0.2) is 18.2 Å². The summed E-state index contributed by atoms with van der Waals surface area (Å²) in [5.74, 6) is 1.56. The van der Waals surface area contributed by atoms with Gasteiger partial charge in [0.15, 0.2) is 0 Å². The van der Waals surface area contributed by atoms with Gasteiger partial charge in [-0.15, -0.1) is 0 Å². The Bertz CT molecular complexity index is 319. The van der Waals surface area contributed by atoms with Crippen molar-refractivity contribution in [2.75, 3.05) is 18.1 Å². The van der Waals surface area contributed by atoms with E-state index in [-0.39, 0.29) is 24.0 Å². The van der Waals surface area contributed by atoms with Crippen LogP contribution in [0.25, 0.3) is 0 Å². The SMILES string of the molecule is CC(CO)CSCc1ccc(N)c(F)c1. The number of nitrogen functional groups attached to an aromatic ring is 1. The highest BCUT2D eigenvalue weighted by atomic mass is 32.2. The Morgan fingerprint density at radius 1 is 1.53 bits per heavy atom. The summed E-state index contributed by atoms with van der Waals surface area (Å²) >= 11 is 1.69. The lowest BCUT2D eigenvalue weighted by Crippen LogP contribution is -2.03. The van der Waals surface area contributed by atoms with Crippen LogP contribution < -0.4 is 5.73 Å². The summed E-state index contributed by atoms with van der Waals surface area (Å²) in [7, 11) is 0. The van der Waals surface area contributed by atoms with Gasteiger partial charge in [0.1, 0.15) is 5.82 Å². The monoisotopic (exact) mass is 229 g/mol. The van der Waals surface area contributed by atoms with Crippen LogP contribution in [-0.4, -0.2) is 17.5 Å². The van der Waals surface area contributed by atoms with E-state index in [1.807, 2.05) is 13.0 Å². The number of hydrogen-bond acceptors (Lipinski definition) is 3. The Kier molecular flexibility index (Phi) is 4.91. The quantitative estimate of drug-likeness (QED) is 0.761. The lowest BCUT2D eigenvalue weighted by atomic mass is 10.2. The van der Waals surface area contributed by atoms with Crippen molar-refractivity contribution in [2.45, 2.75) is 12.7 Å². The maximum absolute atomic E-state index is 13.1. The topological polar surface area (TPSA) is 46.2 Å². The van der Waals surface area contributed by atoms with E-state index in [1.165, 1.54) is 6.07 Å². The Labute approximate surface area is 93.7 Å². The summed E-state index contributed by atoms with van der Waals surface area (Å²) in [6, 6.07) is 4.88. The van der Waals surface area contributed by atoms with E-state index in [1.54, 1.807) is 17.8 Å². The molecule has 15 heavy (non-hydrogen) atoms. The van der Waals surface area contributed by atoms with E-state index in [2.05, 4.69) is 0 Å². The smallest absolute Gasteiger partial charge is 0.146 e. The molecule has 0 amide bonds. The second kappa shape index (κ2) is 5.98. The third-order valence-electron chi connectivity index (χ3n) is 2.05. The molecule has 0 saturated carbocycles. The highest BCUT2D eigenvalue weighted by molar-refractivity contribution is 7.98. The number of thioether (sulfide) groups is 1. The van der Waals surface area contributed by atoms with Crippen molar-refractivity contribution in [3.8, 4) is 0 Å². The fourth-order valence-electron chi connectivity index (χ4n) is 1.09. The molecule has 3 N–H and O–H groups in total. The molecule has 1 rings (SSSR count). The number of aliphatic hydroxyl groups excluding tert-OH is 1. The summed E-state index contributed by atoms with van der Waals surface area (Å²) in [5.41, 5.74) is 6.49. The summed E-state index contributed by atoms with van der Waals surface area (Å²) in [6.07, 6.45) is 0. The van der Waals surface area contributed by atoms with Gasteiger partial charge < -0.3 is 10.8 Å². The molecule has 1 atom stereocenters. The number of nitrogens with two attached hydrogens (primary N) is 1. The fraction of sp³-hybridized carbons (Fsp3) is 0.455. The van der Waals surface area contributed by atoms with Gasteiger partial charge >= 0.3 is 0 Å². The number of benzene rings is 1. The minimum atomic E-state index is -0.358. The molecule has 0 aliphatic rings. The summed E-state index contributed by atoms with van der Waals surface area (Å²) in [4.78, 5) is 0. The Hall–Kier alpha value is -0.740. The van der Waals surface area contributed by atoms with Gasteiger partial charge in [-0.1, -0.05) is 13.0 Å². The second-order valence-corrected chi connectivity index (χ2v) is 4.69. The van der Waals surface area contributed by atoms with Gasteiger partial charge in [-0.2, -0.15) is 11.8 Å². The highest BCUT2D eigenvalue weighted by Gasteiger charge is 2.02. The zero-order chi connectivity index (χ0) is 11.3. The average molecular weight is 229 g/mol. The summed E-state index contributed by atoms with van der Waals surface area (Å²) < 4.78 is 13.1. The maximum Gasteiger partial charge on any atom is 0.146 e. The van der Waals surface area contributed by atoms with E-state index in [0.29, 0.717) is 0 Å². The van der Waals surface area contributed by atoms with Crippen LogP contribution in [-0.2, 0) is 5.75 Å². The first-order valence-electron chi connectivity index (χ1n) is 4.86. The molecular formula is C11H16FNOS. The number of aliphatic hydroxyl groups is 1. The summed E-state index contributed by atoms with van der Waals surface area (Å²) in [5, 5.41) is 8.82. The van der Waals surface area contributed by atoms with Gasteiger partial charge in [0.2, 0.25) is 0 Å². The van der Waals surface area contributed by atoms with E-state index in [0.717, 1.165) is 17.1 Å². The molecule has 1 unspecified atom stereocenters. The maximum atomic E-state index is 13.1. The first kappa shape index (κ1) is 12.3. The Balaban J connectivity index is 2.41. The summed E-state index contributed by atoms with van der Waals surface area (Å²) in [6.45, 7) is 2.18. The fourth-order valence-corrected chi connectivity index (χ4v) is 2.13. The minimum absolute atomic E-state index is 0.187. The Morgan fingerprint density at radius 3 is 2.87 bits per heavy atom. The average Bonchev–Trinajstić information content (AvgIpc) is 2.23. The number of hydrogen-bond donors (Lipinski definition) is 2. The third-order valence-corrected chi connectivity index (χ3v) is 3.39. The molecule has 84 valence electrons. The molecule has 2 nitrogen and oxygen atoms in total. The van der Waals surface area contributed by atoms with Crippen molar-refractivity contribution in [3.05, 3.63) is 29.6 Å². The van der Waals surface area contributed by atoms with E-state index in [9.17, 15) is 4.39 Å². The van der Waals surface area contributed by atoms with Crippen LogP contribution in [0.5, 0.6) is 0 Å². The molecule has 0 spiro atoms. The molecule has 0 aliphatic heterocycles. The first-order valence-corrected chi connectivity index (χ1v) is 6.01. The molecule has 0 aliphatic carbocycles. The van der Waals surface area contributed by atoms with Crippen molar-refractivity contribution >= 4 is 17.4 Å².